The molecule has 4 aromatic rings. The molecule has 0 atom stereocenters. The molecule has 0 saturated carbocycles. The van der Waals surface area contributed by atoms with E-state index in [9.17, 15) is 4.79 Å². The fraction of sp³-hybridized carbons (Fsp3) is 0.241. The molecule has 2 aromatic heterocycles. The van der Waals surface area contributed by atoms with Crippen molar-refractivity contribution in [2.45, 2.75) is 37.8 Å². The molecule has 0 aliphatic carbocycles. The van der Waals surface area contributed by atoms with E-state index in [0.29, 0.717) is 5.16 Å². The molecule has 0 unspecified atom stereocenters. The minimum Gasteiger partial charge on any atom is -0.347 e. The number of nitrogens with zero attached hydrogens (tertiary/aromatic N) is 5. The average molecular weight is 496 g/mol. The van der Waals surface area contributed by atoms with Crippen LogP contribution in [0.15, 0.2) is 90.0 Å². The van der Waals surface area contributed by atoms with Crippen molar-refractivity contribution in [2.75, 3.05) is 17.7 Å². The summed E-state index contributed by atoms with van der Waals surface area (Å²) < 4.78 is 2.02. The maximum Gasteiger partial charge on any atom is 0.196 e. The summed E-state index contributed by atoms with van der Waals surface area (Å²) in [6.45, 7) is 6.47. The Balaban J connectivity index is 1.43. The van der Waals surface area contributed by atoms with Gasteiger partial charge in [0.25, 0.3) is 0 Å². The van der Waals surface area contributed by atoms with Gasteiger partial charge in [-0.25, -0.2) is 0 Å². The first-order valence-corrected chi connectivity index (χ1v) is 13.0. The number of para-hydroxylation sites is 1. The van der Waals surface area contributed by atoms with E-state index in [1.54, 1.807) is 18.5 Å². The zero-order valence-electron chi connectivity index (χ0n) is 21.0. The zero-order valence-corrected chi connectivity index (χ0v) is 21.8. The molecule has 182 valence electrons. The first kappa shape index (κ1) is 24.0. The molecule has 6 nitrogen and oxygen atoms in total. The van der Waals surface area contributed by atoms with Crippen molar-refractivity contribution in [1.82, 2.24) is 19.7 Å². The Bertz CT molecular complexity index is 1420. The topological polar surface area (TPSA) is 63.9 Å². The Morgan fingerprint density at radius 3 is 2.42 bits per heavy atom. The highest BCUT2D eigenvalue weighted by Gasteiger charge is 2.38. The number of anilines is 1. The van der Waals surface area contributed by atoms with Crippen molar-refractivity contribution < 1.29 is 4.79 Å². The van der Waals surface area contributed by atoms with E-state index in [4.69, 9.17) is 0 Å². The van der Waals surface area contributed by atoms with E-state index in [2.05, 4.69) is 83.3 Å². The predicted molar refractivity (Wildman–Crippen MR) is 146 cm³/mol. The molecule has 0 saturated heterocycles. The number of thioether (sulfide) groups is 1. The highest BCUT2D eigenvalue weighted by Crippen LogP contribution is 2.46. The molecule has 3 heterocycles. The van der Waals surface area contributed by atoms with Crippen LogP contribution in [-0.2, 0) is 16.6 Å². The molecule has 7 heteroatoms. The van der Waals surface area contributed by atoms with Crippen molar-refractivity contribution in [1.29, 1.82) is 0 Å². The van der Waals surface area contributed by atoms with Crippen molar-refractivity contribution in [3.63, 3.8) is 0 Å². The first-order chi connectivity index (χ1) is 17.4. The van der Waals surface area contributed by atoms with Crippen molar-refractivity contribution >= 4 is 23.2 Å². The monoisotopic (exact) mass is 495 g/mol. The van der Waals surface area contributed by atoms with Crippen LogP contribution in [0.3, 0.4) is 0 Å². The second-order valence-corrected chi connectivity index (χ2v) is 10.3. The van der Waals surface area contributed by atoms with Gasteiger partial charge in [-0.05, 0) is 47.9 Å². The number of hydrogen-bond donors (Lipinski definition) is 0. The number of pyridine rings is 1. The maximum atomic E-state index is 13.2. The van der Waals surface area contributed by atoms with E-state index >= 15 is 0 Å². The van der Waals surface area contributed by atoms with Crippen LogP contribution in [0, 0.1) is 0 Å². The molecule has 1 aliphatic rings. The summed E-state index contributed by atoms with van der Waals surface area (Å²) in [6, 6.07) is 20.5. The van der Waals surface area contributed by atoms with Crippen LogP contribution < -0.4 is 4.90 Å². The predicted octanol–water partition coefficient (Wildman–Crippen LogP) is 5.86. The van der Waals surface area contributed by atoms with Crippen LogP contribution in [0.4, 0.5) is 5.69 Å². The lowest BCUT2D eigenvalue weighted by atomic mass is 9.83. The van der Waals surface area contributed by atoms with E-state index in [-0.39, 0.29) is 17.0 Å². The molecule has 0 spiro atoms. The summed E-state index contributed by atoms with van der Waals surface area (Å²) in [7, 11) is 2.03. The van der Waals surface area contributed by atoms with Gasteiger partial charge in [0.05, 0.1) is 5.75 Å². The van der Waals surface area contributed by atoms with Gasteiger partial charge in [-0.2, -0.15) is 0 Å². The number of aromatic nitrogens is 4. The minimum absolute atomic E-state index is 0.0454. The Hall–Kier alpha value is -3.71. The van der Waals surface area contributed by atoms with Gasteiger partial charge in [0, 0.05) is 53.6 Å². The van der Waals surface area contributed by atoms with Gasteiger partial charge >= 0.3 is 0 Å². The second-order valence-electron chi connectivity index (χ2n) is 9.38. The summed E-state index contributed by atoms with van der Waals surface area (Å²) in [5, 5.41) is 9.62. The zero-order chi connectivity index (χ0) is 25.3. The van der Waals surface area contributed by atoms with Crippen LogP contribution in [0.25, 0.3) is 17.1 Å². The van der Waals surface area contributed by atoms with Crippen LogP contribution in [-0.4, -0.2) is 38.3 Å². The molecule has 0 fully saturated rings. The summed E-state index contributed by atoms with van der Waals surface area (Å²) >= 11 is 1.41. The summed E-state index contributed by atoms with van der Waals surface area (Å²) in [6.07, 6.45) is 6.25. The third-order valence-electron chi connectivity index (χ3n) is 6.76. The number of benzene rings is 2. The highest BCUT2D eigenvalue weighted by molar-refractivity contribution is 7.99. The molecule has 0 bridgehead atoms. The van der Waals surface area contributed by atoms with E-state index < -0.39 is 0 Å². The van der Waals surface area contributed by atoms with Gasteiger partial charge in [0.15, 0.2) is 16.8 Å². The van der Waals surface area contributed by atoms with Crippen molar-refractivity contribution in [3.05, 3.63) is 96.0 Å². The molecule has 0 N–H and O–H groups in total. The minimum atomic E-state index is -0.235. The number of hydrogen-bond acceptors (Lipinski definition) is 6. The number of carbonyl (C=O) groups is 1. The molecule has 0 radical (unpaired) electrons. The first-order valence-electron chi connectivity index (χ1n) is 12.1. The van der Waals surface area contributed by atoms with Crippen LogP contribution in [0.2, 0.25) is 0 Å². The standard InChI is InChI=1S/C29H29N5OS/c1-5-20-10-12-22(13-11-20)34-27(21-14-16-30-17-15-21)31-32-28(34)36-19-23(35)18-26-29(2,3)24-8-6-7-9-25(24)33(26)4/h6-18H,5,19H2,1-4H3. The fourth-order valence-corrected chi connectivity index (χ4v) is 5.53. The molecule has 1 aliphatic heterocycles. The molecule has 36 heavy (non-hydrogen) atoms. The van der Waals surface area contributed by atoms with Gasteiger partial charge in [-0.1, -0.05) is 62.9 Å². The van der Waals surface area contributed by atoms with Crippen LogP contribution in [0.5, 0.6) is 0 Å². The van der Waals surface area contributed by atoms with Gasteiger partial charge in [0.2, 0.25) is 0 Å². The summed E-state index contributed by atoms with van der Waals surface area (Å²) in [5.41, 5.74) is 6.29. The van der Waals surface area contributed by atoms with Crippen molar-refractivity contribution in [2.24, 2.45) is 0 Å². The number of fused-ring (bicyclic) bond motifs is 1. The van der Waals surface area contributed by atoms with Crippen LogP contribution >= 0.6 is 11.8 Å². The molecule has 5 rings (SSSR count). The molecular formula is C29H29N5OS. The number of rotatable bonds is 7. The fourth-order valence-electron chi connectivity index (χ4n) is 4.75. The largest absolute Gasteiger partial charge is 0.347 e. The van der Waals surface area contributed by atoms with E-state index in [1.807, 2.05) is 29.8 Å². The Labute approximate surface area is 216 Å². The molecule has 2 aromatic carbocycles. The third-order valence-corrected chi connectivity index (χ3v) is 7.71. The van der Waals surface area contributed by atoms with Crippen molar-refractivity contribution in [3.8, 4) is 17.1 Å². The maximum absolute atomic E-state index is 13.2. The number of likely N-dealkylation sites (N-methyl/N-ethyl adjacent to an activating group) is 1. The number of ketones is 1. The van der Waals surface area contributed by atoms with E-state index in [1.165, 1.54) is 22.9 Å². The third kappa shape index (κ3) is 4.35. The Morgan fingerprint density at radius 2 is 1.72 bits per heavy atom. The number of carbonyl (C=O) groups excluding carboxylic acids is 1. The SMILES string of the molecule is CCc1ccc(-n2c(SCC(=O)C=C3N(C)c4ccccc4C3(C)C)nnc2-c2ccncc2)cc1. The number of allylic oxidation sites excluding steroid dienone is 2. The lowest BCUT2D eigenvalue weighted by Crippen LogP contribution is -2.24. The normalized spacial score (nSPS) is 15.3. The lowest BCUT2D eigenvalue weighted by molar-refractivity contribution is -0.112. The quantitative estimate of drug-likeness (QED) is 0.236. The van der Waals surface area contributed by atoms with Gasteiger partial charge in [-0.15, -0.1) is 10.2 Å². The van der Waals surface area contributed by atoms with Gasteiger partial charge in [-0.3, -0.25) is 14.3 Å². The molecule has 0 amide bonds. The van der Waals surface area contributed by atoms with Gasteiger partial charge in [0.1, 0.15) is 0 Å². The Morgan fingerprint density at radius 1 is 1.00 bits per heavy atom. The lowest BCUT2D eigenvalue weighted by Gasteiger charge is -2.23. The highest BCUT2D eigenvalue weighted by atomic mass is 32.2. The smallest absolute Gasteiger partial charge is 0.196 e. The summed E-state index contributed by atoms with van der Waals surface area (Å²) in [5.74, 6) is 1.04. The summed E-state index contributed by atoms with van der Waals surface area (Å²) in [4.78, 5) is 19.4. The van der Waals surface area contributed by atoms with E-state index in [0.717, 1.165) is 34.9 Å². The average Bonchev–Trinajstić information content (AvgIpc) is 3.41. The van der Waals surface area contributed by atoms with Crippen LogP contribution in [0.1, 0.15) is 31.9 Å². The molecular weight excluding hydrogens is 466 g/mol. The number of aryl methyl sites for hydroxylation is 1. The van der Waals surface area contributed by atoms with Gasteiger partial charge < -0.3 is 4.90 Å². The second kappa shape index (κ2) is 9.74. The Kier molecular flexibility index (Phi) is 6.49.